The third-order valence-corrected chi connectivity index (χ3v) is 6.69. The molecule has 0 fully saturated rings. The van der Waals surface area contributed by atoms with Crippen molar-refractivity contribution in [1.82, 2.24) is 9.55 Å². The summed E-state index contributed by atoms with van der Waals surface area (Å²) in [4.78, 5) is 31.9. The highest BCUT2D eigenvalue weighted by molar-refractivity contribution is 7.99. The Kier molecular flexibility index (Phi) is 7.63. The monoisotopic (exact) mass is 449 g/mol. The van der Waals surface area contributed by atoms with Crippen molar-refractivity contribution < 1.29 is 13.9 Å². The number of anilines is 1. The second-order valence-corrected chi connectivity index (χ2v) is 8.83. The zero-order valence-corrected chi connectivity index (χ0v) is 18.8. The summed E-state index contributed by atoms with van der Waals surface area (Å²) in [6.07, 6.45) is 0.665. The average molecular weight is 450 g/mol. The first kappa shape index (κ1) is 22.5. The van der Waals surface area contributed by atoms with E-state index < -0.39 is 5.82 Å². The Bertz CT molecular complexity index is 1110. The van der Waals surface area contributed by atoms with Crippen LogP contribution in [0.3, 0.4) is 0 Å². The van der Waals surface area contributed by atoms with Gasteiger partial charge in [0, 0.05) is 24.6 Å². The first-order valence-corrected chi connectivity index (χ1v) is 11.5. The number of aromatic nitrogens is 2. The fourth-order valence-corrected chi connectivity index (χ4v) is 4.86. The Balaban J connectivity index is 1.82. The number of aryl methyl sites for hydroxylation is 2. The topological polar surface area (TPSA) is 73.2 Å². The van der Waals surface area contributed by atoms with Gasteiger partial charge in [0.15, 0.2) is 5.16 Å². The van der Waals surface area contributed by atoms with E-state index in [-0.39, 0.29) is 22.9 Å². The minimum Gasteiger partial charge on any atom is -0.382 e. The summed E-state index contributed by atoms with van der Waals surface area (Å²) >= 11 is 2.65. The lowest BCUT2D eigenvalue weighted by atomic mass is 10.2. The van der Waals surface area contributed by atoms with Gasteiger partial charge < -0.3 is 10.1 Å². The molecule has 0 aliphatic heterocycles. The van der Waals surface area contributed by atoms with Gasteiger partial charge in [-0.25, -0.2) is 9.37 Å². The molecule has 1 amide bonds. The molecular weight excluding hydrogens is 425 g/mol. The van der Waals surface area contributed by atoms with E-state index in [1.54, 1.807) is 16.7 Å². The predicted octanol–water partition coefficient (Wildman–Crippen LogP) is 4.37. The number of amides is 1. The number of hydrogen-bond acceptors (Lipinski definition) is 6. The van der Waals surface area contributed by atoms with E-state index >= 15 is 0 Å². The van der Waals surface area contributed by atoms with Gasteiger partial charge >= 0.3 is 0 Å². The van der Waals surface area contributed by atoms with Gasteiger partial charge in [-0.1, -0.05) is 23.9 Å². The SMILES string of the molecule is CCOCCCn1c(SCC(=O)Nc2ccccc2F)nc2sc(C)c(C)c2c1=O. The third-order valence-electron chi connectivity index (χ3n) is 4.61. The van der Waals surface area contributed by atoms with E-state index in [1.165, 1.54) is 35.2 Å². The molecule has 0 saturated carbocycles. The number of nitrogens with one attached hydrogen (secondary N) is 1. The van der Waals surface area contributed by atoms with Crippen molar-refractivity contribution in [2.75, 3.05) is 24.3 Å². The fraction of sp³-hybridized carbons (Fsp3) is 0.381. The Labute approximate surface area is 182 Å². The van der Waals surface area contributed by atoms with Gasteiger partial charge in [-0.15, -0.1) is 11.3 Å². The number of halogens is 1. The van der Waals surface area contributed by atoms with Crippen LogP contribution in [0.4, 0.5) is 10.1 Å². The summed E-state index contributed by atoms with van der Waals surface area (Å²) in [5, 5.41) is 3.67. The quantitative estimate of drug-likeness (QED) is 0.298. The van der Waals surface area contributed by atoms with Crippen LogP contribution in [-0.2, 0) is 16.1 Å². The van der Waals surface area contributed by atoms with Crippen LogP contribution < -0.4 is 10.9 Å². The molecule has 160 valence electrons. The fourth-order valence-electron chi connectivity index (χ4n) is 2.96. The average Bonchev–Trinajstić information content (AvgIpc) is 3.00. The maximum atomic E-state index is 13.8. The standard InChI is InChI=1S/C21H24FN3O3S2/c1-4-28-11-7-10-25-20(27)18-13(2)14(3)30-19(18)24-21(25)29-12-17(26)23-16-9-6-5-8-15(16)22/h5-6,8-9H,4,7,10-12H2,1-3H3,(H,23,26). The summed E-state index contributed by atoms with van der Waals surface area (Å²) in [6.45, 7) is 7.43. The van der Waals surface area contributed by atoms with Gasteiger partial charge in [0.2, 0.25) is 5.91 Å². The first-order valence-electron chi connectivity index (χ1n) is 9.67. The number of rotatable bonds is 9. The molecule has 30 heavy (non-hydrogen) atoms. The molecule has 6 nitrogen and oxygen atoms in total. The lowest BCUT2D eigenvalue weighted by Gasteiger charge is -2.12. The Morgan fingerprint density at radius 1 is 1.33 bits per heavy atom. The van der Waals surface area contributed by atoms with Gasteiger partial charge in [0.05, 0.1) is 16.8 Å². The molecule has 3 aromatic rings. The van der Waals surface area contributed by atoms with Crippen LogP contribution in [0.15, 0.2) is 34.2 Å². The highest BCUT2D eigenvalue weighted by atomic mass is 32.2. The number of thioether (sulfide) groups is 1. The highest BCUT2D eigenvalue weighted by Crippen LogP contribution is 2.28. The minimum atomic E-state index is -0.493. The molecular formula is C21H24FN3O3S2. The Hall–Kier alpha value is -2.23. The number of hydrogen-bond donors (Lipinski definition) is 1. The number of thiophene rings is 1. The van der Waals surface area contributed by atoms with Gasteiger partial charge in [0.1, 0.15) is 10.6 Å². The van der Waals surface area contributed by atoms with Crippen molar-refractivity contribution in [2.24, 2.45) is 0 Å². The molecule has 9 heteroatoms. The van der Waals surface area contributed by atoms with Crippen molar-refractivity contribution in [3.8, 4) is 0 Å². The van der Waals surface area contributed by atoms with Crippen LogP contribution >= 0.6 is 23.1 Å². The van der Waals surface area contributed by atoms with E-state index in [2.05, 4.69) is 10.3 Å². The molecule has 1 N–H and O–H groups in total. The Morgan fingerprint density at radius 2 is 2.10 bits per heavy atom. The summed E-state index contributed by atoms with van der Waals surface area (Å²) in [5.41, 5.74) is 0.973. The van der Waals surface area contributed by atoms with E-state index in [4.69, 9.17) is 4.74 Å². The summed E-state index contributed by atoms with van der Waals surface area (Å²) in [7, 11) is 0. The van der Waals surface area contributed by atoms with Crippen LogP contribution in [0.5, 0.6) is 0 Å². The summed E-state index contributed by atoms with van der Waals surface area (Å²) < 4.78 is 20.8. The maximum absolute atomic E-state index is 13.8. The number of nitrogens with zero attached hydrogens (tertiary/aromatic N) is 2. The van der Waals surface area contributed by atoms with Crippen LogP contribution in [-0.4, -0.2) is 34.4 Å². The number of carbonyl (C=O) groups excluding carboxylic acids is 1. The van der Waals surface area contributed by atoms with Gasteiger partial charge in [0.25, 0.3) is 5.56 Å². The van der Waals surface area contributed by atoms with Crippen molar-refractivity contribution in [1.29, 1.82) is 0 Å². The molecule has 0 aliphatic rings. The number of fused-ring (bicyclic) bond motifs is 1. The van der Waals surface area contributed by atoms with Crippen LogP contribution in [0.1, 0.15) is 23.8 Å². The molecule has 2 aromatic heterocycles. The van der Waals surface area contributed by atoms with Gasteiger partial charge in [-0.2, -0.15) is 0 Å². The predicted molar refractivity (Wildman–Crippen MR) is 120 cm³/mol. The first-order chi connectivity index (χ1) is 14.4. The normalized spacial score (nSPS) is 11.2. The highest BCUT2D eigenvalue weighted by Gasteiger charge is 2.18. The van der Waals surface area contributed by atoms with Crippen LogP contribution in [0, 0.1) is 19.7 Å². The third kappa shape index (κ3) is 5.08. The van der Waals surface area contributed by atoms with Crippen molar-refractivity contribution in [3.05, 3.63) is 50.9 Å². The molecule has 0 spiro atoms. The molecule has 0 aliphatic carbocycles. The van der Waals surface area contributed by atoms with Crippen LogP contribution in [0.2, 0.25) is 0 Å². The molecule has 3 rings (SSSR count). The molecule has 0 atom stereocenters. The van der Waals surface area contributed by atoms with E-state index in [0.29, 0.717) is 41.6 Å². The van der Waals surface area contributed by atoms with Gasteiger partial charge in [-0.05, 0) is 44.9 Å². The number of benzene rings is 1. The Morgan fingerprint density at radius 3 is 2.83 bits per heavy atom. The van der Waals surface area contributed by atoms with Crippen LogP contribution in [0.25, 0.3) is 10.2 Å². The lowest BCUT2D eigenvalue weighted by Crippen LogP contribution is -2.25. The van der Waals surface area contributed by atoms with Gasteiger partial charge in [-0.3, -0.25) is 14.2 Å². The van der Waals surface area contributed by atoms with Crippen molar-refractivity contribution in [3.63, 3.8) is 0 Å². The van der Waals surface area contributed by atoms with E-state index in [1.807, 2.05) is 20.8 Å². The van der Waals surface area contributed by atoms with Crippen molar-refractivity contribution >= 4 is 44.9 Å². The zero-order valence-electron chi connectivity index (χ0n) is 17.2. The molecule has 0 saturated heterocycles. The number of ether oxygens (including phenoxy) is 1. The summed E-state index contributed by atoms with van der Waals surface area (Å²) in [5.74, 6) is -0.840. The maximum Gasteiger partial charge on any atom is 0.263 e. The van der Waals surface area contributed by atoms with E-state index in [0.717, 1.165) is 10.4 Å². The second-order valence-electron chi connectivity index (χ2n) is 6.68. The van der Waals surface area contributed by atoms with E-state index in [9.17, 15) is 14.0 Å². The summed E-state index contributed by atoms with van der Waals surface area (Å²) in [6, 6.07) is 6.00. The number of para-hydroxylation sites is 1. The molecule has 0 bridgehead atoms. The minimum absolute atomic E-state index is 0.0150. The smallest absolute Gasteiger partial charge is 0.263 e. The number of carbonyl (C=O) groups is 1. The molecule has 1 aromatic carbocycles. The second kappa shape index (κ2) is 10.2. The molecule has 2 heterocycles. The largest absolute Gasteiger partial charge is 0.382 e. The molecule has 0 unspecified atom stereocenters. The zero-order chi connectivity index (χ0) is 21.7. The molecule has 0 radical (unpaired) electrons. The van der Waals surface area contributed by atoms with Crippen molar-refractivity contribution in [2.45, 2.75) is 38.9 Å². The lowest BCUT2D eigenvalue weighted by molar-refractivity contribution is -0.113.